The van der Waals surface area contributed by atoms with Gasteiger partial charge < -0.3 is 9.64 Å². The van der Waals surface area contributed by atoms with Gasteiger partial charge in [0.1, 0.15) is 0 Å². The van der Waals surface area contributed by atoms with Gasteiger partial charge in [-0.2, -0.15) is 11.3 Å². The van der Waals surface area contributed by atoms with Gasteiger partial charge in [0.05, 0.1) is 12.4 Å². The van der Waals surface area contributed by atoms with Gasteiger partial charge in [-0.15, -0.1) is 11.8 Å². The quantitative estimate of drug-likeness (QED) is 0.700. The van der Waals surface area contributed by atoms with E-state index in [1.807, 2.05) is 28.5 Å². The first-order valence-electron chi connectivity index (χ1n) is 7.19. The zero-order chi connectivity index (χ0) is 15.6. The number of amides is 1. The predicted octanol–water partition coefficient (Wildman–Crippen LogP) is 3.66. The molecule has 0 aliphatic heterocycles. The van der Waals surface area contributed by atoms with Crippen LogP contribution >= 0.6 is 23.1 Å². The molecule has 1 heterocycles. The fraction of sp³-hybridized carbons (Fsp3) is 0.353. The number of carbonyl (C=O) groups excluding carboxylic acids is 1. The molecule has 118 valence electrons. The van der Waals surface area contributed by atoms with Crippen molar-refractivity contribution in [3.05, 3.63) is 58.3 Å². The highest BCUT2D eigenvalue weighted by Crippen LogP contribution is 2.14. The number of carbonyl (C=O) groups is 1. The summed E-state index contributed by atoms with van der Waals surface area (Å²) >= 11 is 3.32. The maximum absolute atomic E-state index is 12.4. The number of ether oxygens (including phenoxy) is 1. The minimum absolute atomic E-state index is 0.171. The molecule has 2 rings (SSSR count). The second kappa shape index (κ2) is 9.66. The molecule has 3 nitrogen and oxygen atoms in total. The van der Waals surface area contributed by atoms with E-state index in [4.69, 9.17) is 4.74 Å². The summed E-state index contributed by atoms with van der Waals surface area (Å²) in [7, 11) is 1.66. The maximum Gasteiger partial charge on any atom is 0.232 e. The SMILES string of the molecule is COCCN(Cc1ccsc1)C(=O)CSCc1ccccc1. The second-order valence-corrected chi connectivity index (χ2v) is 6.68. The van der Waals surface area contributed by atoms with Crippen LogP contribution in [0.15, 0.2) is 47.2 Å². The van der Waals surface area contributed by atoms with Gasteiger partial charge in [-0.1, -0.05) is 30.3 Å². The molecule has 1 aromatic heterocycles. The smallest absolute Gasteiger partial charge is 0.232 e. The molecule has 0 fully saturated rings. The number of hydrogen-bond donors (Lipinski definition) is 0. The van der Waals surface area contributed by atoms with Gasteiger partial charge in [0.15, 0.2) is 0 Å². The van der Waals surface area contributed by atoms with E-state index < -0.39 is 0 Å². The lowest BCUT2D eigenvalue weighted by atomic mass is 10.2. The molecule has 0 N–H and O–H groups in total. The van der Waals surface area contributed by atoms with Crippen molar-refractivity contribution in [2.24, 2.45) is 0 Å². The normalized spacial score (nSPS) is 10.6. The highest BCUT2D eigenvalue weighted by molar-refractivity contribution is 7.99. The van der Waals surface area contributed by atoms with Gasteiger partial charge in [0, 0.05) is 26.0 Å². The molecule has 0 saturated heterocycles. The number of benzene rings is 1. The lowest BCUT2D eigenvalue weighted by Crippen LogP contribution is -2.34. The largest absolute Gasteiger partial charge is 0.383 e. The molecule has 0 saturated carbocycles. The van der Waals surface area contributed by atoms with Crippen molar-refractivity contribution in [1.82, 2.24) is 4.90 Å². The fourth-order valence-electron chi connectivity index (χ4n) is 2.02. The van der Waals surface area contributed by atoms with Crippen molar-refractivity contribution in [3.8, 4) is 0 Å². The van der Waals surface area contributed by atoms with E-state index in [2.05, 4.69) is 23.6 Å². The zero-order valence-corrected chi connectivity index (χ0v) is 14.4. The molecule has 0 aliphatic rings. The van der Waals surface area contributed by atoms with E-state index in [-0.39, 0.29) is 5.91 Å². The van der Waals surface area contributed by atoms with E-state index in [1.165, 1.54) is 11.1 Å². The Morgan fingerprint density at radius 3 is 2.73 bits per heavy atom. The molecule has 0 aliphatic carbocycles. The van der Waals surface area contributed by atoms with Crippen LogP contribution in [0.4, 0.5) is 0 Å². The van der Waals surface area contributed by atoms with Crippen molar-refractivity contribution in [2.75, 3.05) is 26.0 Å². The van der Waals surface area contributed by atoms with Crippen LogP contribution in [0.2, 0.25) is 0 Å². The van der Waals surface area contributed by atoms with Crippen molar-refractivity contribution >= 4 is 29.0 Å². The summed E-state index contributed by atoms with van der Waals surface area (Å²) in [6.07, 6.45) is 0. The second-order valence-electron chi connectivity index (χ2n) is 4.92. The summed E-state index contributed by atoms with van der Waals surface area (Å²) < 4.78 is 5.12. The Balaban J connectivity index is 1.82. The van der Waals surface area contributed by atoms with Crippen LogP contribution in [0.25, 0.3) is 0 Å². The first-order chi connectivity index (χ1) is 10.8. The number of methoxy groups -OCH3 is 1. The Morgan fingerprint density at radius 2 is 2.05 bits per heavy atom. The summed E-state index contributed by atoms with van der Waals surface area (Å²) in [6, 6.07) is 12.3. The Hall–Kier alpha value is -1.30. The van der Waals surface area contributed by atoms with E-state index in [1.54, 1.807) is 30.2 Å². The van der Waals surface area contributed by atoms with Crippen LogP contribution in [-0.2, 0) is 21.8 Å². The first-order valence-corrected chi connectivity index (χ1v) is 9.29. The molecule has 0 bridgehead atoms. The summed E-state index contributed by atoms with van der Waals surface area (Å²) in [5.74, 6) is 1.54. The zero-order valence-electron chi connectivity index (χ0n) is 12.7. The number of nitrogens with zero attached hydrogens (tertiary/aromatic N) is 1. The summed E-state index contributed by atoms with van der Waals surface area (Å²) in [6.45, 7) is 1.87. The van der Waals surface area contributed by atoms with Gasteiger partial charge in [-0.05, 0) is 28.0 Å². The highest BCUT2D eigenvalue weighted by Gasteiger charge is 2.14. The molecule has 5 heteroatoms. The lowest BCUT2D eigenvalue weighted by Gasteiger charge is -2.22. The van der Waals surface area contributed by atoms with Crippen LogP contribution in [0, 0.1) is 0 Å². The highest BCUT2D eigenvalue weighted by atomic mass is 32.2. The molecule has 1 aromatic carbocycles. The van der Waals surface area contributed by atoms with Crippen molar-refractivity contribution in [1.29, 1.82) is 0 Å². The van der Waals surface area contributed by atoms with Crippen molar-refractivity contribution in [3.63, 3.8) is 0 Å². The monoisotopic (exact) mass is 335 g/mol. The minimum Gasteiger partial charge on any atom is -0.383 e. The molecular weight excluding hydrogens is 314 g/mol. The standard InChI is InChI=1S/C17H21NO2S2/c1-20-9-8-18(11-16-7-10-21-13-16)17(19)14-22-12-15-5-3-2-4-6-15/h2-7,10,13H,8-9,11-12,14H2,1H3. The van der Waals surface area contributed by atoms with Crippen LogP contribution in [0.1, 0.15) is 11.1 Å². The average molecular weight is 335 g/mol. The van der Waals surface area contributed by atoms with Gasteiger partial charge in [-0.3, -0.25) is 4.79 Å². The molecule has 2 aromatic rings. The molecule has 0 unspecified atom stereocenters. The van der Waals surface area contributed by atoms with Crippen LogP contribution in [0.5, 0.6) is 0 Å². The van der Waals surface area contributed by atoms with E-state index >= 15 is 0 Å². The van der Waals surface area contributed by atoms with Gasteiger partial charge in [-0.25, -0.2) is 0 Å². The average Bonchev–Trinajstić information content (AvgIpc) is 3.05. The Labute approximate surface area is 140 Å². The minimum atomic E-state index is 0.171. The number of thioether (sulfide) groups is 1. The number of rotatable bonds is 9. The lowest BCUT2D eigenvalue weighted by molar-refractivity contribution is -0.129. The predicted molar refractivity (Wildman–Crippen MR) is 94.2 cm³/mol. The molecule has 0 spiro atoms. The first kappa shape index (κ1) is 17.1. The number of thiophene rings is 1. The molecular formula is C17H21NO2S2. The van der Waals surface area contributed by atoms with Crippen LogP contribution < -0.4 is 0 Å². The Morgan fingerprint density at radius 1 is 1.23 bits per heavy atom. The Bertz CT molecular complexity index is 543. The van der Waals surface area contributed by atoms with Crippen molar-refractivity contribution in [2.45, 2.75) is 12.3 Å². The summed E-state index contributed by atoms with van der Waals surface area (Å²) in [5.41, 5.74) is 2.43. The fourth-order valence-corrected chi connectivity index (χ4v) is 3.57. The maximum atomic E-state index is 12.4. The van der Waals surface area contributed by atoms with Crippen molar-refractivity contribution < 1.29 is 9.53 Å². The van der Waals surface area contributed by atoms with E-state index in [0.29, 0.717) is 25.4 Å². The van der Waals surface area contributed by atoms with Crippen LogP contribution in [-0.4, -0.2) is 36.8 Å². The van der Waals surface area contributed by atoms with Gasteiger partial charge in [0.25, 0.3) is 0 Å². The molecule has 22 heavy (non-hydrogen) atoms. The van der Waals surface area contributed by atoms with Crippen LogP contribution in [0.3, 0.4) is 0 Å². The van der Waals surface area contributed by atoms with E-state index in [9.17, 15) is 4.79 Å². The van der Waals surface area contributed by atoms with Gasteiger partial charge >= 0.3 is 0 Å². The van der Waals surface area contributed by atoms with E-state index in [0.717, 1.165) is 5.75 Å². The molecule has 0 radical (unpaired) electrons. The Kier molecular flexibility index (Phi) is 7.49. The van der Waals surface area contributed by atoms with Gasteiger partial charge in [0.2, 0.25) is 5.91 Å². The topological polar surface area (TPSA) is 29.5 Å². The number of hydrogen-bond acceptors (Lipinski definition) is 4. The third-order valence-electron chi connectivity index (χ3n) is 3.21. The molecule has 0 atom stereocenters. The summed E-state index contributed by atoms with van der Waals surface area (Å²) in [5, 5.41) is 4.13. The third kappa shape index (κ3) is 5.83. The summed E-state index contributed by atoms with van der Waals surface area (Å²) in [4.78, 5) is 14.3. The third-order valence-corrected chi connectivity index (χ3v) is 4.93. The molecule has 1 amide bonds.